The molecule has 20 heavy (non-hydrogen) atoms. The first kappa shape index (κ1) is 17.4. The van der Waals surface area contributed by atoms with Gasteiger partial charge in [0, 0.05) is 25.9 Å². The summed E-state index contributed by atoms with van der Waals surface area (Å²) in [6.07, 6.45) is 2.35. The number of nitrogen functional groups attached to an aromatic ring is 1. The number of nitrogens with two attached hydrogens (primary N) is 1. The lowest BCUT2D eigenvalue weighted by Gasteiger charge is -2.09. The van der Waals surface area contributed by atoms with Crippen molar-refractivity contribution < 1.29 is 17.5 Å². The summed E-state index contributed by atoms with van der Waals surface area (Å²) in [5, 5.41) is 0. The van der Waals surface area contributed by atoms with Gasteiger partial charge in [0.1, 0.15) is 4.90 Å². The van der Waals surface area contributed by atoms with Gasteiger partial charge in [0.15, 0.2) is 5.82 Å². The molecule has 0 saturated carbocycles. The van der Waals surface area contributed by atoms with Gasteiger partial charge in [-0.05, 0) is 47.3 Å². The summed E-state index contributed by atoms with van der Waals surface area (Å²) in [7, 11) is -2.28. The number of unbranched alkanes of at least 4 members (excludes halogenated alkanes) is 2. The molecular formula is C12H18BrFN2O3S. The molecule has 0 fully saturated rings. The molecule has 0 saturated heterocycles. The fourth-order valence-corrected chi connectivity index (χ4v) is 3.43. The standard InChI is InChI=1S/C12H18BrFN2O3S/c1-19-6-4-2-3-5-16-20(17,18)11-8-9(15)7-10(13)12(11)14/h7-8,16H,2-6,15H2,1H3. The molecule has 0 aliphatic carbocycles. The molecular weight excluding hydrogens is 351 g/mol. The highest BCUT2D eigenvalue weighted by molar-refractivity contribution is 9.10. The number of benzene rings is 1. The van der Waals surface area contributed by atoms with E-state index < -0.39 is 20.7 Å². The Balaban J connectivity index is 2.65. The Labute approximate surface area is 126 Å². The van der Waals surface area contributed by atoms with Crippen molar-refractivity contribution in [3.8, 4) is 0 Å². The van der Waals surface area contributed by atoms with Crippen molar-refractivity contribution in [2.24, 2.45) is 0 Å². The Hall–Kier alpha value is -0.700. The molecule has 0 amide bonds. The molecule has 0 spiro atoms. The molecule has 0 atom stereocenters. The Morgan fingerprint density at radius 2 is 2.05 bits per heavy atom. The fraction of sp³-hybridized carbons (Fsp3) is 0.500. The molecule has 0 aliphatic heterocycles. The van der Waals surface area contributed by atoms with E-state index in [-0.39, 0.29) is 16.7 Å². The summed E-state index contributed by atoms with van der Waals surface area (Å²) in [6, 6.07) is 2.42. The Kier molecular flexibility index (Phi) is 6.87. The van der Waals surface area contributed by atoms with E-state index in [0.29, 0.717) is 13.0 Å². The van der Waals surface area contributed by atoms with E-state index in [1.807, 2.05) is 0 Å². The van der Waals surface area contributed by atoms with Crippen LogP contribution in [0.15, 0.2) is 21.5 Å². The van der Waals surface area contributed by atoms with Crippen LogP contribution in [0.25, 0.3) is 0 Å². The van der Waals surface area contributed by atoms with Crippen LogP contribution < -0.4 is 10.5 Å². The van der Waals surface area contributed by atoms with Crippen LogP contribution in [0.5, 0.6) is 0 Å². The van der Waals surface area contributed by atoms with Gasteiger partial charge in [-0.15, -0.1) is 0 Å². The van der Waals surface area contributed by atoms with Crippen molar-refractivity contribution in [3.05, 3.63) is 22.4 Å². The minimum atomic E-state index is -3.89. The summed E-state index contributed by atoms with van der Waals surface area (Å²) in [5.41, 5.74) is 5.71. The first-order valence-electron chi connectivity index (χ1n) is 6.11. The van der Waals surface area contributed by atoms with E-state index >= 15 is 0 Å². The van der Waals surface area contributed by atoms with Crippen molar-refractivity contribution >= 4 is 31.6 Å². The van der Waals surface area contributed by atoms with Crippen LogP contribution in [-0.2, 0) is 14.8 Å². The van der Waals surface area contributed by atoms with Crippen molar-refractivity contribution in [3.63, 3.8) is 0 Å². The predicted octanol–water partition coefficient (Wildman–Crippen LogP) is 2.27. The van der Waals surface area contributed by atoms with Gasteiger partial charge >= 0.3 is 0 Å². The zero-order chi connectivity index (χ0) is 15.2. The number of nitrogens with one attached hydrogen (secondary N) is 1. The monoisotopic (exact) mass is 368 g/mol. The maximum absolute atomic E-state index is 13.8. The summed E-state index contributed by atoms with van der Waals surface area (Å²) in [4.78, 5) is -0.443. The molecule has 0 unspecified atom stereocenters. The van der Waals surface area contributed by atoms with Gasteiger partial charge in [0.2, 0.25) is 10.0 Å². The van der Waals surface area contributed by atoms with Crippen molar-refractivity contribution in [1.29, 1.82) is 0 Å². The van der Waals surface area contributed by atoms with Crippen LogP contribution in [0.3, 0.4) is 0 Å². The molecule has 8 heteroatoms. The number of hydrogen-bond acceptors (Lipinski definition) is 4. The highest BCUT2D eigenvalue weighted by Gasteiger charge is 2.21. The second-order valence-corrected chi connectivity index (χ2v) is 6.86. The lowest BCUT2D eigenvalue weighted by molar-refractivity contribution is 0.192. The number of ether oxygens (including phenoxy) is 1. The van der Waals surface area contributed by atoms with Crippen LogP contribution in [0, 0.1) is 5.82 Å². The van der Waals surface area contributed by atoms with Crippen molar-refractivity contribution in [1.82, 2.24) is 4.72 Å². The third kappa shape index (κ3) is 5.01. The second-order valence-electron chi connectivity index (χ2n) is 4.27. The van der Waals surface area contributed by atoms with Gasteiger partial charge in [0.05, 0.1) is 4.47 Å². The van der Waals surface area contributed by atoms with Gasteiger partial charge in [0.25, 0.3) is 0 Å². The van der Waals surface area contributed by atoms with E-state index in [1.165, 1.54) is 6.07 Å². The van der Waals surface area contributed by atoms with E-state index in [0.717, 1.165) is 18.9 Å². The smallest absolute Gasteiger partial charge is 0.243 e. The molecule has 114 valence electrons. The van der Waals surface area contributed by atoms with Crippen LogP contribution >= 0.6 is 15.9 Å². The normalized spacial score (nSPS) is 11.8. The first-order valence-corrected chi connectivity index (χ1v) is 8.39. The first-order chi connectivity index (χ1) is 9.38. The number of sulfonamides is 1. The number of methoxy groups -OCH3 is 1. The van der Waals surface area contributed by atoms with Gasteiger partial charge in [-0.25, -0.2) is 17.5 Å². The molecule has 1 aromatic carbocycles. The maximum atomic E-state index is 13.8. The fourth-order valence-electron chi connectivity index (χ4n) is 1.61. The molecule has 0 bridgehead atoms. The molecule has 1 rings (SSSR count). The summed E-state index contributed by atoms with van der Waals surface area (Å²) in [6.45, 7) is 0.890. The van der Waals surface area contributed by atoms with Gasteiger partial charge in [-0.1, -0.05) is 0 Å². The van der Waals surface area contributed by atoms with Crippen LogP contribution in [0.1, 0.15) is 19.3 Å². The summed E-state index contributed by atoms with van der Waals surface area (Å²) in [5.74, 6) is -0.842. The summed E-state index contributed by atoms with van der Waals surface area (Å²) < 4.78 is 45.1. The average molecular weight is 369 g/mol. The second kappa shape index (κ2) is 7.92. The van der Waals surface area contributed by atoms with Crippen molar-refractivity contribution in [2.45, 2.75) is 24.2 Å². The molecule has 0 radical (unpaired) electrons. The lowest BCUT2D eigenvalue weighted by atomic mass is 10.2. The SMILES string of the molecule is COCCCCCNS(=O)(=O)c1cc(N)cc(Br)c1F. The van der Waals surface area contributed by atoms with Gasteiger partial charge in [-0.3, -0.25) is 0 Å². The van der Waals surface area contributed by atoms with E-state index in [9.17, 15) is 12.8 Å². The Morgan fingerprint density at radius 3 is 2.70 bits per heavy atom. The lowest BCUT2D eigenvalue weighted by Crippen LogP contribution is -2.26. The molecule has 3 N–H and O–H groups in total. The highest BCUT2D eigenvalue weighted by atomic mass is 79.9. The molecule has 5 nitrogen and oxygen atoms in total. The molecule has 0 heterocycles. The summed E-state index contributed by atoms with van der Waals surface area (Å²) >= 11 is 2.94. The highest BCUT2D eigenvalue weighted by Crippen LogP contribution is 2.25. The molecule has 0 aliphatic rings. The average Bonchev–Trinajstić information content (AvgIpc) is 2.37. The minimum absolute atomic E-state index is 0.0259. The van der Waals surface area contributed by atoms with Crippen LogP contribution in [0.4, 0.5) is 10.1 Å². The molecule has 0 aromatic heterocycles. The minimum Gasteiger partial charge on any atom is -0.399 e. The van der Waals surface area contributed by atoms with E-state index in [2.05, 4.69) is 20.7 Å². The largest absolute Gasteiger partial charge is 0.399 e. The molecule has 1 aromatic rings. The van der Waals surface area contributed by atoms with E-state index in [4.69, 9.17) is 10.5 Å². The Morgan fingerprint density at radius 1 is 1.35 bits per heavy atom. The number of rotatable bonds is 8. The number of anilines is 1. The van der Waals surface area contributed by atoms with Gasteiger partial charge < -0.3 is 10.5 Å². The predicted molar refractivity (Wildman–Crippen MR) is 79.4 cm³/mol. The third-order valence-electron chi connectivity index (χ3n) is 2.62. The van der Waals surface area contributed by atoms with Crippen LogP contribution in [0.2, 0.25) is 0 Å². The number of hydrogen-bond donors (Lipinski definition) is 2. The van der Waals surface area contributed by atoms with Gasteiger partial charge in [-0.2, -0.15) is 0 Å². The zero-order valence-electron chi connectivity index (χ0n) is 11.2. The zero-order valence-corrected chi connectivity index (χ0v) is 13.6. The Bertz CT molecular complexity index is 552. The maximum Gasteiger partial charge on any atom is 0.243 e. The topological polar surface area (TPSA) is 81.4 Å². The van der Waals surface area contributed by atoms with Crippen LogP contribution in [-0.4, -0.2) is 28.7 Å². The van der Waals surface area contributed by atoms with Crippen molar-refractivity contribution in [2.75, 3.05) is 26.0 Å². The number of halogens is 2. The van der Waals surface area contributed by atoms with E-state index in [1.54, 1.807) is 7.11 Å². The third-order valence-corrected chi connectivity index (χ3v) is 4.66. The quantitative estimate of drug-likeness (QED) is 0.544.